The molecule has 1 aliphatic rings. The van der Waals surface area contributed by atoms with Gasteiger partial charge in [0.15, 0.2) is 11.5 Å². The molecular formula is C21H20F3N5O3S. The maximum Gasteiger partial charge on any atom is 0.416 e. The highest BCUT2D eigenvalue weighted by Gasteiger charge is 2.33. The Morgan fingerprint density at radius 3 is 2.67 bits per heavy atom. The minimum absolute atomic E-state index is 0.00971. The number of hydrogen-bond acceptors (Lipinski definition) is 6. The predicted molar refractivity (Wildman–Crippen MR) is 118 cm³/mol. The first-order chi connectivity index (χ1) is 15.5. The van der Waals surface area contributed by atoms with Gasteiger partial charge in [0.2, 0.25) is 10.0 Å². The van der Waals surface area contributed by atoms with E-state index in [4.69, 9.17) is 4.74 Å². The number of anilines is 1. The molecule has 12 heteroatoms. The molecule has 33 heavy (non-hydrogen) atoms. The molecule has 174 valence electrons. The summed E-state index contributed by atoms with van der Waals surface area (Å²) in [5.41, 5.74) is -0.303. The van der Waals surface area contributed by atoms with Crippen LogP contribution >= 0.6 is 0 Å². The zero-order valence-electron chi connectivity index (χ0n) is 17.7. The van der Waals surface area contributed by atoms with Crippen LogP contribution in [0.2, 0.25) is 0 Å². The van der Waals surface area contributed by atoms with Crippen molar-refractivity contribution < 1.29 is 26.3 Å². The van der Waals surface area contributed by atoms with Crippen molar-refractivity contribution in [1.82, 2.24) is 18.9 Å². The highest BCUT2D eigenvalue weighted by atomic mass is 32.2. The Kier molecular flexibility index (Phi) is 4.90. The van der Waals surface area contributed by atoms with Crippen LogP contribution in [0, 0.1) is 0 Å². The molecule has 8 nitrogen and oxygen atoms in total. The van der Waals surface area contributed by atoms with E-state index in [0.29, 0.717) is 36.3 Å². The van der Waals surface area contributed by atoms with E-state index in [-0.39, 0.29) is 28.6 Å². The van der Waals surface area contributed by atoms with Crippen molar-refractivity contribution in [3.63, 3.8) is 0 Å². The first-order valence-electron chi connectivity index (χ1n) is 10.2. The van der Waals surface area contributed by atoms with Gasteiger partial charge in [0.1, 0.15) is 5.82 Å². The predicted octanol–water partition coefficient (Wildman–Crippen LogP) is 3.63. The van der Waals surface area contributed by atoms with Crippen molar-refractivity contribution in [3.05, 3.63) is 42.2 Å². The van der Waals surface area contributed by atoms with Crippen LogP contribution in [0.3, 0.4) is 0 Å². The molecule has 5 rings (SSSR count). The molecule has 0 radical (unpaired) electrons. The second-order valence-corrected chi connectivity index (χ2v) is 9.92. The maximum absolute atomic E-state index is 13.6. The number of ether oxygens (including phenoxy) is 1. The highest BCUT2D eigenvalue weighted by molar-refractivity contribution is 7.89. The molecule has 0 spiro atoms. The number of halogens is 3. The van der Waals surface area contributed by atoms with Gasteiger partial charge >= 0.3 is 6.18 Å². The third-order valence-electron chi connectivity index (χ3n) is 5.72. The lowest BCUT2D eigenvalue weighted by molar-refractivity contribution is -0.137. The van der Waals surface area contributed by atoms with E-state index in [1.807, 2.05) is 11.8 Å². The van der Waals surface area contributed by atoms with Crippen molar-refractivity contribution in [2.75, 3.05) is 30.9 Å². The summed E-state index contributed by atoms with van der Waals surface area (Å²) >= 11 is 0. The van der Waals surface area contributed by atoms with Gasteiger partial charge in [-0.05, 0) is 31.2 Å². The van der Waals surface area contributed by atoms with Crippen molar-refractivity contribution in [2.45, 2.75) is 19.1 Å². The Morgan fingerprint density at radius 1 is 1.18 bits per heavy atom. The summed E-state index contributed by atoms with van der Waals surface area (Å²) in [6, 6.07) is 5.21. The van der Waals surface area contributed by atoms with E-state index in [1.54, 1.807) is 12.1 Å². The number of aromatic amines is 1. The monoisotopic (exact) mass is 479 g/mol. The zero-order valence-corrected chi connectivity index (χ0v) is 18.5. The second kappa shape index (κ2) is 7.45. The number of nitrogens with zero attached hydrogens (tertiary/aromatic N) is 4. The summed E-state index contributed by atoms with van der Waals surface area (Å²) < 4.78 is 72.1. The lowest BCUT2D eigenvalue weighted by Gasteiger charge is -2.34. The normalized spacial score (nSPS) is 17.8. The molecule has 0 amide bonds. The lowest BCUT2D eigenvalue weighted by Crippen LogP contribution is -2.44. The van der Waals surface area contributed by atoms with Gasteiger partial charge in [0, 0.05) is 35.4 Å². The molecule has 1 aliphatic heterocycles. The molecule has 1 saturated heterocycles. The van der Waals surface area contributed by atoms with Crippen LogP contribution in [0.5, 0.6) is 0 Å². The number of nitrogens with one attached hydrogen (secondary N) is 1. The van der Waals surface area contributed by atoms with Gasteiger partial charge in [-0.3, -0.25) is 0 Å². The second-order valence-electron chi connectivity index (χ2n) is 8.06. The number of H-pyrrole nitrogens is 1. The standard InChI is InChI=1S/C21H20F3N5O3S/c1-12-11-32-8-7-28(12)19-15-4-6-29(33(2,30)31)20(15)27-18(26-19)16-9-13(21(22,23)24)10-17-14(16)3-5-25-17/h3-6,9-10,12,25H,7-8,11H2,1-2H3/t12-/m1/s1. The van der Waals surface area contributed by atoms with Crippen molar-refractivity contribution >= 4 is 37.8 Å². The number of alkyl halides is 3. The summed E-state index contributed by atoms with van der Waals surface area (Å²) in [5, 5.41) is 0.996. The SMILES string of the molecule is C[C@@H]1COCCN1c1nc(-c2cc(C(F)(F)F)cc3[nH]ccc23)nc2c1ccn2S(C)(=O)=O. The Morgan fingerprint density at radius 2 is 1.97 bits per heavy atom. The number of hydrogen-bond donors (Lipinski definition) is 1. The van der Waals surface area contributed by atoms with E-state index in [0.717, 1.165) is 22.4 Å². The smallest absolute Gasteiger partial charge is 0.377 e. The molecule has 1 fully saturated rings. The van der Waals surface area contributed by atoms with E-state index < -0.39 is 21.8 Å². The Balaban J connectivity index is 1.84. The van der Waals surface area contributed by atoms with Gasteiger partial charge in [0.25, 0.3) is 0 Å². The summed E-state index contributed by atoms with van der Waals surface area (Å²) in [7, 11) is -3.71. The third-order valence-corrected chi connectivity index (χ3v) is 6.73. The van der Waals surface area contributed by atoms with Gasteiger partial charge in [-0.25, -0.2) is 22.4 Å². The van der Waals surface area contributed by atoms with Crippen LogP contribution in [-0.2, 0) is 20.9 Å². The van der Waals surface area contributed by atoms with Gasteiger partial charge in [-0.1, -0.05) is 0 Å². The molecular weight excluding hydrogens is 459 g/mol. The fourth-order valence-electron chi connectivity index (χ4n) is 4.14. The maximum atomic E-state index is 13.6. The molecule has 0 aliphatic carbocycles. The minimum Gasteiger partial charge on any atom is -0.377 e. The average Bonchev–Trinajstić information content (AvgIpc) is 3.38. The summed E-state index contributed by atoms with van der Waals surface area (Å²) in [6.45, 7) is 3.33. The van der Waals surface area contributed by atoms with Crippen LogP contribution in [-0.4, -0.2) is 59.4 Å². The number of morpholine rings is 1. The number of benzene rings is 1. The quantitative estimate of drug-likeness (QED) is 0.483. The van der Waals surface area contributed by atoms with Crippen LogP contribution in [0.1, 0.15) is 12.5 Å². The third kappa shape index (κ3) is 3.72. The van der Waals surface area contributed by atoms with Crippen LogP contribution < -0.4 is 4.90 Å². The topological polar surface area (TPSA) is 93.1 Å². The lowest BCUT2D eigenvalue weighted by atomic mass is 10.0. The van der Waals surface area contributed by atoms with E-state index in [1.165, 1.54) is 12.4 Å². The van der Waals surface area contributed by atoms with Gasteiger partial charge in [0.05, 0.1) is 36.5 Å². The summed E-state index contributed by atoms with van der Waals surface area (Å²) in [5.74, 6) is 0.463. The fourth-order valence-corrected chi connectivity index (χ4v) is 4.88. The number of fused-ring (bicyclic) bond motifs is 2. The summed E-state index contributed by atoms with van der Waals surface area (Å²) in [4.78, 5) is 13.9. The minimum atomic E-state index is -4.58. The molecule has 3 aromatic heterocycles. The van der Waals surface area contributed by atoms with Crippen molar-refractivity contribution in [1.29, 1.82) is 0 Å². The van der Waals surface area contributed by atoms with Crippen LogP contribution in [0.4, 0.5) is 19.0 Å². The average molecular weight is 479 g/mol. The zero-order chi connectivity index (χ0) is 23.5. The Bertz CT molecular complexity index is 1480. The Hall–Kier alpha value is -3.12. The van der Waals surface area contributed by atoms with Crippen molar-refractivity contribution in [3.8, 4) is 11.4 Å². The first-order valence-corrected chi connectivity index (χ1v) is 12.0. The molecule has 0 saturated carbocycles. The largest absolute Gasteiger partial charge is 0.416 e. The highest BCUT2D eigenvalue weighted by Crippen LogP contribution is 2.38. The molecule has 1 aromatic carbocycles. The van der Waals surface area contributed by atoms with Crippen LogP contribution in [0.15, 0.2) is 36.7 Å². The molecule has 1 N–H and O–H groups in total. The molecule has 0 unspecified atom stereocenters. The van der Waals surface area contributed by atoms with E-state index in [9.17, 15) is 21.6 Å². The molecule has 4 aromatic rings. The molecule has 1 atom stereocenters. The molecule has 0 bridgehead atoms. The van der Waals surface area contributed by atoms with Gasteiger partial charge in [-0.15, -0.1) is 0 Å². The number of rotatable bonds is 3. The summed E-state index contributed by atoms with van der Waals surface area (Å²) in [6.07, 6.45) is -0.616. The van der Waals surface area contributed by atoms with E-state index >= 15 is 0 Å². The van der Waals surface area contributed by atoms with Gasteiger partial charge < -0.3 is 14.6 Å². The fraction of sp³-hybridized carbons (Fsp3) is 0.333. The number of aromatic nitrogens is 4. The molecule has 4 heterocycles. The Labute approximate surface area is 187 Å². The van der Waals surface area contributed by atoms with Crippen LogP contribution in [0.25, 0.3) is 33.3 Å². The van der Waals surface area contributed by atoms with E-state index in [2.05, 4.69) is 15.0 Å². The first kappa shape index (κ1) is 21.7. The van der Waals surface area contributed by atoms with Crippen molar-refractivity contribution in [2.24, 2.45) is 0 Å². The van der Waals surface area contributed by atoms with Gasteiger partial charge in [-0.2, -0.15) is 13.2 Å².